The maximum atomic E-state index is 5.48. The Morgan fingerprint density at radius 1 is 1.33 bits per heavy atom. The van der Waals surface area contributed by atoms with Gasteiger partial charge in [-0.2, -0.15) is 0 Å². The second kappa shape index (κ2) is 5.46. The molecule has 0 unspecified atom stereocenters. The van der Waals surface area contributed by atoms with Crippen LogP contribution in [0.25, 0.3) is 0 Å². The Hall–Kier alpha value is -2.15. The van der Waals surface area contributed by atoms with E-state index in [-0.39, 0.29) is 0 Å². The van der Waals surface area contributed by atoms with E-state index < -0.39 is 0 Å². The molecule has 2 N–H and O–H groups in total. The van der Waals surface area contributed by atoms with E-state index in [0.717, 1.165) is 11.4 Å². The standard InChI is InChI=1S/C11H15N5O2/c1-17-10-3-4-13-9(11(10)18-2)7-16-6-8(5-12)14-15-16/h3-4,6H,5,7,12H2,1-2H3. The predicted octanol–water partition coefficient (Wildman–Crippen LogP) is 0.197. The highest BCUT2D eigenvalue weighted by atomic mass is 16.5. The van der Waals surface area contributed by atoms with E-state index in [9.17, 15) is 0 Å². The molecule has 0 radical (unpaired) electrons. The third kappa shape index (κ3) is 2.40. The van der Waals surface area contributed by atoms with Gasteiger partial charge in [-0.3, -0.25) is 4.98 Å². The lowest BCUT2D eigenvalue weighted by Gasteiger charge is -2.11. The van der Waals surface area contributed by atoms with Crippen LogP contribution >= 0.6 is 0 Å². The fraction of sp³-hybridized carbons (Fsp3) is 0.364. The van der Waals surface area contributed by atoms with Crippen LogP contribution in [0.15, 0.2) is 18.5 Å². The van der Waals surface area contributed by atoms with E-state index >= 15 is 0 Å². The quantitative estimate of drug-likeness (QED) is 0.814. The zero-order valence-electron chi connectivity index (χ0n) is 10.3. The molecule has 0 saturated carbocycles. The molecule has 18 heavy (non-hydrogen) atoms. The topological polar surface area (TPSA) is 88.1 Å². The summed E-state index contributed by atoms with van der Waals surface area (Å²) in [6.07, 6.45) is 3.44. The average molecular weight is 249 g/mol. The SMILES string of the molecule is COc1ccnc(Cn2cc(CN)nn2)c1OC. The molecule has 0 atom stereocenters. The Balaban J connectivity index is 2.28. The summed E-state index contributed by atoms with van der Waals surface area (Å²) in [7, 11) is 3.17. The second-order valence-corrected chi connectivity index (χ2v) is 3.60. The smallest absolute Gasteiger partial charge is 0.184 e. The van der Waals surface area contributed by atoms with Gasteiger partial charge in [-0.05, 0) is 0 Å². The fourth-order valence-corrected chi connectivity index (χ4v) is 1.63. The van der Waals surface area contributed by atoms with Crippen molar-refractivity contribution >= 4 is 0 Å². The lowest BCUT2D eigenvalue weighted by atomic mass is 10.3. The summed E-state index contributed by atoms with van der Waals surface area (Å²) >= 11 is 0. The molecule has 2 rings (SSSR count). The van der Waals surface area contributed by atoms with E-state index in [2.05, 4.69) is 15.3 Å². The van der Waals surface area contributed by atoms with Crippen LogP contribution in [-0.4, -0.2) is 34.2 Å². The van der Waals surface area contributed by atoms with E-state index in [4.69, 9.17) is 15.2 Å². The maximum absolute atomic E-state index is 5.48. The van der Waals surface area contributed by atoms with Crippen LogP contribution in [0.5, 0.6) is 11.5 Å². The number of ether oxygens (including phenoxy) is 2. The van der Waals surface area contributed by atoms with Crippen LogP contribution < -0.4 is 15.2 Å². The predicted molar refractivity (Wildman–Crippen MR) is 64.4 cm³/mol. The van der Waals surface area contributed by atoms with Crippen LogP contribution in [0.1, 0.15) is 11.4 Å². The van der Waals surface area contributed by atoms with Crippen LogP contribution in [0.3, 0.4) is 0 Å². The minimum atomic E-state index is 0.364. The van der Waals surface area contributed by atoms with Gasteiger partial charge in [0.05, 0.1) is 32.7 Å². The molecule has 0 fully saturated rings. The summed E-state index contributed by atoms with van der Waals surface area (Å²) in [6, 6.07) is 1.75. The lowest BCUT2D eigenvalue weighted by molar-refractivity contribution is 0.348. The number of aromatic nitrogens is 4. The Morgan fingerprint density at radius 2 is 2.17 bits per heavy atom. The average Bonchev–Trinajstić information content (AvgIpc) is 2.86. The summed E-state index contributed by atoms with van der Waals surface area (Å²) in [6.45, 7) is 0.816. The highest BCUT2D eigenvalue weighted by Gasteiger charge is 2.12. The highest BCUT2D eigenvalue weighted by molar-refractivity contribution is 5.42. The van der Waals surface area contributed by atoms with Gasteiger partial charge in [0.1, 0.15) is 5.69 Å². The molecule has 0 saturated heterocycles. The van der Waals surface area contributed by atoms with Crippen molar-refractivity contribution in [3.8, 4) is 11.5 Å². The van der Waals surface area contributed by atoms with Gasteiger partial charge in [0.15, 0.2) is 11.5 Å². The van der Waals surface area contributed by atoms with Gasteiger partial charge >= 0.3 is 0 Å². The van der Waals surface area contributed by atoms with Crippen LogP contribution in [-0.2, 0) is 13.1 Å². The third-order valence-electron chi connectivity index (χ3n) is 2.47. The molecule has 0 spiro atoms. The first kappa shape index (κ1) is 12.3. The zero-order chi connectivity index (χ0) is 13.0. The molecule has 0 bridgehead atoms. The minimum Gasteiger partial charge on any atom is -0.493 e. The van der Waals surface area contributed by atoms with Gasteiger partial charge in [-0.25, -0.2) is 4.68 Å². The zero-order valence-corrected chi connectivity index (χ0v) is 10.3. The van der Waals surface area contributed by atoms with Crippen LogP contribution in [0.2, 0.25) is 0 Å². The highest BCUT2D eigenvalue weighted by Crippen LogP contribution is 2.29. The van der Waals surface area contributed by atoms with E-state index in [0.29, 0.717) is 24.6 Å². The molecule has 2 aromatic rings. The number of nitrogens with two attached hydrogens (primary N) is 1. The Bertz CT molecular complexity index is 526. The van der Waals surface area contributed by atoms with Crippen LogP contribution in [0.4, 0.5) is 0 Å². The van der Waals surface area contributed by atoms with Crippen molar-refractivity contribution in [2.75, 3.05) is 14.2 Å². The summed E-state index contributed by atoms with van der Waals surface area (Å²) in [4.78, 5) is 4.26. The van der Waals surface area contributed by atoms with Crippen molar-refractivity contribution in [1.82, 2.24) is 20.0 Å². The summed E-state index contributed by atoms with van der Waals surface area (Å²) < 4.78 is 12.2. The Morgan fingerprint density at radius 3 is 2.78 bits per heavy atom. The monoisotopic (exact) mass is 249 g/mol. The van der Waals surface area contributed by atoms with E-state index in [1.54, 1.807) is 37.4 Å². The van der Waals surface area contributed by atoms with Gasteiger partial charge in [0, 0.05) is 18.8 Å². The number of nitrogens with zero attached hydrogens (tertiary/aromatic N) is 4. The van der Waals surface area contributed by atoms with Gasteiger partial charge in [0.2, 0.25) is 0 Å². The van der Waals surface area contributed by atoms with Gasteiger partial charge in [-0.15, -0.1) is 5.10 Å². The van der Waals surface area contributed by atoms with Gasteiger partial charge in [0.25, 0.3) is 0 Å². The van der Waals surface area contributed by atoms with Crippen molar-refractivity contribution in [2.24, 2.45) is 5.73 Å². The Labute approximate surface area is 105 Å². The molecule has 96 valence electrons. The fourth-order valence-electron chi connectivity index (χ4n) is 1.63. The van der Waals surface area contributed by atoms with Crippen LogP contribution in [0, 0.1) is 0 Å². The van der Waals surface area contributed by atoms with Crippen molar-refractivity contribution < 1.29 is 9.47 Å². The van der Waals surface area contributed by atoms with Crippen molar-refractivity contribution in [3.05, 3.63) is 29.8 Å². The minimum absolute atomic E-state index is 0.364. The molecular weight excluding hydrogens is 234 g/mol. The number of hydrogen-bond donors (Lipinski definition) is 1. The molecule has 2 aromatic heterocycles. The second-order valence-electron chi connectivity index (χ2n) is 3.60. The normalized spacial score (nSPS) is 10.4. The molecular formula is C11H15N5O2. The maximum Gasteiger partial charge on any atom is 0.184 e. The summed E-state index contributed by atoms with van der Waals surface area (Å²) in [5.41, 5.74) is 6.94. The molecule has 0 aliphatic carbocycles. The molecule has 0 aliphatic heterocycles. The molecule has 0 amide bonds. The number of pyridine rings is 1. The van der Waals surface area contributed by atoms with Crippen molar-refractivity contribution in [1.29, 1.82) is 0 Å². The summed E-state index contributed by atoms with van der Waals surface area (Å²) in [5.74, 6) is 1.24. The first-order valence-corrected chi connectivity index (χ1v) is 5.43. The van der Waals surface area contributed by atoms with E-state index in [1.807, 2.05) is 0 Å². The molecule has 2 heterocycles. The summed E-state index contributed by atoms with van der Waals surface area (Å²) in [5, 5.41) is 7.88. The number of hydrogen-bond acceptors (Lipinski definition) is 6. The molecule has 0 aliphatic rings. The number of rotatable bonds is 5. The third-order valence-corrected chi connectivity index (χ3v) is 2.47. The van der Waals surface area contributed by atoms with Gasteiger partial charge in [-0.1, -0.05) is 5.21 Å². The Kier molecular flexibility index (Phi) is 3.73. The molecule has 0 aromatic carbocycles. The van der Waals surface area contributed by atoms with Crippen molar-refractivity contribution in [3.63, 3.8) is 0 Å². The first-order chi connectivity index (χ1) is 8.78. The number of methoxy groups -OCH3 is 2. The lowest BCUT2D eigenvalue weighted by Crippen LogP contribution is -2.06. The van der Waals surface area contributed by atoms with E-state index in [1.165, 1.54) is 0 Å². The molecule has 7 nitrogen and oxygen atoms in total. The van der Waals surface area contributed by atoms with Gasteiger partial charge < -0.3 is 15.2 Å². The first-order valence-electron chi connectivity index (χ1n) is 5.43. The molecule has 7 heteroatoms. The van der Waals surface area contributed by atoms with Crippen molar-refractivity contribution in [2.45, 2.75) is 13.1 Å². The largest absolute Gasteiger partial charge is 0.493 e.